The van der Waals surface area contributed by atoms with E-state index in [4.69, 9.17) is 0 Å². The largest absolute Gasteiger partial charge is 0.303 e. The maximum Gasteiger partial charge on any atom is 0.0336 e. The van der Waals surface area contributed by atoms with Gasteiger partial charge in [0.05, 0.1) is 0 Å². The molecule has 1 aliphatic carbocycles. The van der Waals surface area contributed by atoms with Gasteiger partial charge >= 0.3 is 0 Å². The number of hydrogen-bond donors (Lipinski definition) is 1. The van der Waals surface area contributed by atoms with Crippen molar-refractivity contribution in [1.29, 1.82) is 0 Å². The fourth-order valence-electron chi connectivity index (χ4n) is 3.08. The SMILES string of the molecule is CCC(NC1CCCc2sccc21)c1cccc(Br)c1. The minimum atomic E-state index is 0.434. The highest BCUT2D eigenvalue weighted by Gasteiger charge is 2.23. The van der Waals surface area contributed by atoms with Crippen LogP contribution in [-0.4, -0.2) is 0 Å². The van der Waals surface area contributed by atoms with Crippen molar-refractivity contribution in [3.63, 3.8) is 0 Å². The van der Waals surface area contributed by atoms with Gasteiger partial charge in [-0.2, -0.15) is 0 Å². The fourth-order valence-corrected chi connectivity index (χ4v) is 4.48. The van der Waals surface area contributed by atoms with Gasteiger partial charge in [-0.05, 0) is 60.4 Å². The van der Waals surface area contributed by atoms with Crippen molar-refractivity contribution in [2.24, 2.45) is 0 Å². The highest BCUT2D eigenvalue weighted by atomic mass is 79.9. The van der Waals surface area contributed by atoms with Crippen LogP contribution in [0.2, 0.25) is 0 Å². The molecule has 1 aromatic carbocycles. The lowest BCUT2D eigenvalue weighted by Crippen LogP contribution is -2.28. The zero-order chi connectivity index (χ0) is 13.9. The molecule has 1 aromatic heterocycles. The molecule has 1 nitrogen and oxygen atoms in total. The lowest BCUT2D eigenvalue weighted by molar-refractivity contribution is 0.395. The lowest BCUT2D eigenvalue weighted by Gasteiger charge is -2.29. The molecular weight excluding hydrogens is 330 g/mol. The highest BCUT2D eigenvalue weighted by molar-refractivity contribution is 9.10. The summed E-state index contributed by atoms with van der Waals surface area (Å²) in [6, 6.07) is 11.9. The average Bonchev–Trinajstić information content (AvgIpc) is 2.94. The maximum atomic E-state index is 3.88. The van der Waals surface area contributed by atoms with Crippen LogP contribution in [0.4, 0.5) is 0 Å². The molecule has 0 aliphatic heterocycles. The number of hydrogen-bond acceptors (Lipinski definition) is 2. The number of rotatable bonds is 4. The van der Waals surface area contributed by atoms with Crippen molar-refractivity contribution in [2.75, 3.05) is 0 Å². The fraction of sp³-hybridized carbons (Fsp3) is 0.412. The van der Waals surface area contributed by atoms with Crippen molar-refractivity contribution >= 4 is 27.3 Å². The summed E-state index contributed by atoms with van der Waals surface area (Å²) in [5.41, 5.74) is 2.92. The van der Waals surface area contributed by atoms with Crippen molar-refractivity contribution < 1.29 is 0 Å². The summed E-state index contributed by atoms with van der Waals surface area (Å²) in [6.45, 7) is 2.26. The first-order chi connectivity index (χ1) is 9.78. The van der Waals surface area contributed by atoms with Gasteiger partial charge in [-0.3, -0.25) is 0 Å². The van der Waals surface area contributed by atoms with Crippen molar-refractivity contribution in [2.45, 2.75) is 44.7 Å². The second-order valence-corrected chi connectivity index (χ2v) is 7.34. The van der Waals surface area contributed by atoms with Crippen LogP contribution in [0.1, 0.15) is 54.3 Å². The van der Waals surface area contributed by atoms with Crippen LogP contribution in [0.3, 0.4) is 0 Å². The van der Waals surface area contributed by atoms with Crippen molar-refractivity contribution in [3.8, 4) is 0 Å². The van der Waals surface area contributed by atoms with E-state index in [1.165, 1.54) is 30.4 Å². The number of benzene rings is 1. The lowest BCUT2D eigenvalue weighted by atomic mass is 9.92. The monoisotopic (exact) mass is 349 g/mol. The highest BCUT2D eigenvalue weighted by Crippen LogP contribution is 2.35. The number of aryl methyl sites for hydroxylation is 1. The molecule has 106 valence electrons. The van der Waals surface area contributed by atoms with E-state index < -0.39 is 0 Å². The van der Waals surface area contributed by atoms with Gasteiger partial charge in [0.25, 0.3) is 0 Å². The van der Waals surface area contributed by atoms with E-state index in [1.807, 2.05) is 11.3 Å². The van der Waals surface area contributed by atoms with E-state index in [0.29, 0.717) is 12.1 Å². The Balaban J connectivity index is 1.80. The van der Waals surface area contributed by atoms with Gasteiger partial charge in [-0.15, -0.1) is 11.3 Å². The molecule has 1 N–H and O–H groups in total. The van der Waals surface area contributed by atoms with E-state index in [-0.39, 0.29) is 0 Å². The third-order valence-corrected chi connectivity index (χ3v) is 5.60. The van der Waals surface area contributed by atoms with Crippen molar-refractivity contribution in [1.82, 2.24) is 5.32 Å². The average molecular weight is 350 g/mol. The Hall–Kier alpha value is -0.640. The number of nitrogens with one attached hydrogen (secondary N) is 1. The Morgan fingerprint density at radius 2 is 2.30 bits per heavy atom. The van der Waals surface area contributed by atoms with Crippen LogP contribution < -0.4 is 5.32 Å². The molecule has 2 unspecified atom stereocenters. The first-order valence-corrected chi connectivity index (χ1v) is 9.03. The van der Waals surface area contributed by atoms with Gasteiger partial charge in [-0.25, -0.2) is 0 Å². The smallest absolute Gasteiger partial charge is 0.0336 e. The van der Waals surface area contributed by atoms with Gasteiger partial charge in [-0.1, -0.05) is 35.0 Å². The molecule has 0 bridgehead atoms. The van der Waals surface area contributed by atoms with Crippen LogP contribution >= 0.6 is 27.3 Å². The predicted octanol–water partition coefficient (Wildman–Crippen LogP) is 5.63. The Kier molecular flexibility index (Phi) is 4.59. The Morgan fingerprint density at radius 1 is 1.40 bits per heavy atom. The molecule has 2 atom stereocenters. The van der Waals surface area contributed by atoms with Crippen LogP contribution in [0, 0.1) is 0 Å². The minimum Gasteiger partial charge on any atom is -0.303 e. The van der Waals surface area contributed by atoms with Gasteiger partial charge in [0.2, 0.25) is 0 Å². The topological polar surface area (TPSA) is 12.0 Å². The Morgan fingerprint density at radius 3 is 3.10 bits per heavy atom. The normalized spacial score (nSPS) is 19.6. The molecule has 0 spiro atoms. The third kappa shape index (κ3) is 3.00. The minimum absolute atomic E-state index is 0.434. The summed E-state index contributed by atoms with van der Waals surface area (Å²) in [4.78, 5) is 1.58. The molecule has 0 fully saturated rings. The van der Waals surface area contributed by atoms with E-state index in [1.54, 1.807) is 4.88 Å². The van der Waals surface area contributed by atoms with E-state index in [9.17, 15) is 0 Å². The van der Waals surface area contributed by atoms with Crippen LogP contribution in [-0.2, 0) is 6.42 Å². The zero-order valence-electron chi connectivity index (χ0n) is 11.7. The van der Waals surface area contributed by atoms with E-state index >= 15 is 0 Å². The molecular formula is C17H20BrNS. The second kappa shape index (κ2) is 6.42. The summed E-state index contributed by atoms with van der Waals surface area (Å²) in [5, 5.41) is 6.12. The van der Waals surface area contributed by atoms with Crippen LogP contribution in [0.15, 0.2) is 40.2 Å². The molecule has 1 heterocycles. The molecule has 0 amide bonds. The Bertz CT molecular complexity index is 578. The van der Waals surface area contributed by atoms with Crippen LogP contribution in [0.5, 0.6) is 0 Å². The molecule has 1 aliphatic rings. The van der Waals surface area contributed by atoms with Crippen molar-refractivity contribution in [3.05, 3.63) is 56.2 Å². The van der Waals surface area contributed by atoms with E-state index in [2.05, 4.69) is 63.9 Å². The molecule has 20 heavy (non-hydrogen) atoms. The molecule has 2 aromatic rings. The summed E-state index contributed by atoms with van der Waals surface area (Å²) in [5.74, 6) is 0. The quantitative estimate of drug-likeness (QED) is 0.754. The molecule has 3 heteroatoms. The van der Waals surface area contributed by atoms with Gasteiger partial charge in [0.1, 0.15) is 0 Å². The number of thiophene rings is 1. The molecule has 0 radical (unpaired) electrons. The second-order valence-electron chi connectivity index (χ2n) is 5.43. The maximum absolute atomic E-state index is 3.88. The predicted molar refractivity (Wildman–Crippen MR) is 90.3 cm³/mol. The van der Waals surface area contributed by atoms with E-state index in [0.717, 1.165) is 10.9 Å². The first-order valence-electron chi connectivity index (χ1n) is 7.35. The van der Waals surface area contributed by atoms with Gasteiger partial charge < -0.3 is 5.32 Å². The summed E-state index contributed by atoms with van der Waals surface area (Å²) >= 11 is 5.49. The van der Waals surface area contributed by atoms with Gasteiger partial charge in [0.15, 0.2) is 0 Å². The Labute approximate surface area is 133 Å². The van der Waals surface area contributed by atoms with Crippen LogP contribution in [0.25, 0.3) is 0 Å². The summed E-state index contributed by atoms with van der Waals surface area (Å²) in [7, 11) is 0. The third-order valence-electron chi connectivity index (χ3n) is 4.11. The summed E-state index contributed by atoms with van der Waals surface area (Å²) < 4.78 is 1.16. The number of halogens is 1. The molecule has 0 saturated carbocycles. The standard InChI is InChI=1S/C17H20BrNS/c1-2-15(12-5-3-6-13(18)11-12)19-16-7-4-8-17-14(16)9-10-20-17/h3,5-6,9-11,15-16,19H,2,4,7-8H2,1H3. The zero-order valence-corrected chi connectivity index (χ0v) is 14.1. The molecule has 0 saturated heterocycles. The molecule has 3 rings (SSSR count). The first kappa shape index (κ1) is 14.3. The van der Waals surface area contributed by atoms with Gasteiger partial charge in [0, 0.05) is 21.4 Å². The number of fused-ring (bicyclic) bond motifs is 1. The summed E-state index contributed by atoms with van der Waals surface area (Å²) in [6.07, 6.45) is 4.94.